The minimum atomic E-state index is -0.258. The molecule has 98 valence electrons. The first-order valence-corrected chi connectivity index (χ1v) is 6.87. The summed E-state index contributed by atoms with van der Waals surface area (Å²) < 4.78 is 5.54. The number of benzene rings is 1. The summed E-state index contributed by atoms with van der Waals surface area (Å²) in [4.78, 5) is 2.35. The molecule has 3 rings (SSSR count). The Bertz CT molecular complexity index is 433. The average Bonchev–Trinajstić information content (AvgIpc) is 2.38. The van der Waals surface area contributed by atoms with Gasteiger partial charge in [-0.05, 0) is 37.8 Å². The SMILES string of the molecule is Cc1ccc2c(c1)CCCN2C1COCCC1O. The number of ether oxygens (including phenoxy) is 1. The van der Waals surface area contributed by atoms with E-state index in [2.05, 4.69) is 30.0 Å². The van der Waals surface area contributed by atoms with Crippen LogP contribution in [-0.2, 0) is 11.2 Å². The van der Waals surface area contributed by atoms with Crippen LogP contribution in [0.15, 0.2) is 18.2 Å². The lowest BCUT2D eigenvalue weighted by molar-refractivity contribution is -0.00630. The van der Waals surface area contributed by atoms with Gasteiger partial charge in [0.05, 0.1) is 18.8 Å². The molecular formula is C15H21NO2. The molecule has 0 spiro atoms. The first-order chi connectivity index (χ1) is 8.75. The zero-order valence-electron chi connectivity index (χ0n) is 10.9. The molecule has 1 N–H and O–H groups in total. The van der Waals surface area contributed by atoms with Crippen LogP contribution in [0.2, 0.25) is 0 Å². The van der Waals surface area contributed by atoms with Gasteiger partial charge in [0, 0.05) is 18.8 Å². The van der Waals surface area contributed by atoms with Crippen LogP contribution in [0.1, 0.15) is 24.0 Å². The quantitative estimate of drug-likeness (QED) is 0.822. The third kappa shape index (κ3) is 2.13. The van der Waals surface area contributed by atoms with Gasteiger partial charge in [-0.1, -0.05) is 17.7 Å². The number of rotatable bonds is 1. The summed E-state index contributed by atoms with van der Waals surface area (Å²) in [6, 6.07) is 6.76. The summed E-state index contributed by atoms with van der Waals surface area (Å²) in [5.74, 6) is 0. The predicted octanol–water partition coefficient (Wildman–Crippen LogP) is 1.90. The van der Waals surface area contributed by atoms with Crippen molar-refractivity contribution in [1.82, 2.24) is 0 Å². The Morgan fingerprint density at radius 3 is 3.11 bits per heavy atom. The molecule has 0 aromatic heterocycles. The van der Waals surface area contributed by atoms with E-state index in [0.717, 1.165) is 19.4 Å². The molecule has 18 heavy (non-hydrogen) atoms. The number of anilines is 1. The van der Waals surface area contributed by atoms with Gasteiger partial charge in [-0.15, -0.1) is 0 Å². The van der Waals surface area contributed by atoms with Crippen molar-refractivity contribution in [3.8, 4) is 0 Å². The third-order valence-corrected chi connectivity index (χ3v) is 4.08. The standard InChI is InChI=1S/C15H21NO2/c1-11-4-5-13-12(9-11)3-2-7-16(13)14-10-18-8-6-15(14)17/h4-5,9,14-15,17H,2-3,6-8,10H2,1H3. The minimum Gasteiger partial charge on any atom is -0.391 e. The summed E-state index contributed by atoms with van der Waals surface area (Å²) in [5.41, 5.74) is 4.02. The third-order valence-electron chi connectivity index (χ3n) is 4.08. The molecule has 0 bridgehead atoms. The lowest BCUT2D eigenvalue weighted by Crippen LogP contribution is -2.51. The minimum absolute atomic E-state index is 0.125. The van der Waals surface area contributed by atoms with Crippen molar-refractivity contribution in [3.05, 3.63) is 29.3 Å². The van der Waals surface area contributed by atoms with Crippen molar-refractivity contribution >= 4 is 5.69 Å². The summed E-state index contributed by atoms with van der Waals surface area (Å²) in [6.45, 7) is 4.50. The fourth-order valence-electron chi connectivity index (χ4n) is 3.11. The van der Waals surface area contributed by atoms with E-state index < -0.39 is 0 Å². The fourth-order valence-corrected chi connectivity index (χ4v) is 3.11. The Morgan fingerprint density at radius 1 is 1.39 bits per heavy atom. The van der Waals surface area contributed by atoms with Crippen LogP contribution in [0, 0.1) is 6.92 Å². The molecule has 0 saturated carbocycles. The maximum absolute atomic E-state index is 10.2. The van der Waals surface area contributed by atoms with Crippen LogP contribution in [0.5, 0.6) is 0 Å². The second kappa shape index (κ2) is 4.90. The second-order valence-electron chi connectivity index (χ2n) is 5.43. The number of aliphatic hydroxyl groups excluding tert-OH is 1. The lowest BCUT2D eigenvalue weighted by Gasteiger charge is -2.42. The van der Waals surface area contributed by atoms with Gasteiger partial charge in [-0.25, -0.2) is 0 Å². The molecule has 3 heteroatoms. The number of aryl methyl sites for hydroxylation is 2. The predicted molar refractivity (Wildman–Crippen MR) is 72.1 cm³/mol. The second-order valence-corrected chi connectivity index (χ2v) is 5.43. The Labute approximate surface area is 108 Å². The number of fused-ring (bicyclic) bond motifs is 1. The van der Waals surface area contributed by atoms with E-state index in [4.69, 9.17) is 4.74 Å². The van der Waals surface area contributed by atoms with Crippen molar-refractivity contribution in [1.29, 1.82) is 0 Å². The Balaban J connectivity index is 1.90. The molecule has 2 atom stereocenters. The van der Waals surface area contributed by atoms with Crippen molar-refractivity contribution < 1.29 is 9.84 Å². The van der Waals surface area contributed by atoms with Crippen molar-refractivity contribution in [3.63, 3.8) is 0 Å². The van der Waals surface area contributed by atoms with Crippen molar-refractivity contribution in [2.75, 3.05) is 24.7 Å². The monoisotopic (exact) mass is 247 g/mol. The lowest BCUT2D eigenvalue weighted by atomic mass is 9.95. The molecule has 1 aromatic carbocycles. The van der Waals surface area contributed by atoms with Gasteiger partial charge in [0.25, 0.3) is 0 Å². The zero-order valence-corrected chi connectivity index (χ0v) is 10.9. The van der Waals surface area contributed by atoms with E-state index >= 15 is 0 Å². The van der Waals surface area contributed by atoms with Crippen molar-refractivity contribution in [2.45, 2.75) is 38.3 Å². The van der Waals surface area contributed by atoms with Gasteiger partial charge in [-0.2, -0.15) is 0 Å². The van der Waals surface area contributed by atoms with Crippen LogP contribution < -0.4 is 4.90 Å². The largest absolute Gasteiger partial charge is 0.391 e. The highest BCUT2D eigenvalue weighted by atomic mass is 16.5. The normalized spacial score (nSPS) is 28.0. The molecule has 2 aliphatic rings. The van der Waals surface area contributed by atoms with Crippen LogP contribution in [-0.4, -0.2) is 37.0 Å². The molecule has 0 radical (unpaired) electrons. The smallest absolute Gasteiger partial charge is 0.0787 e. The zero-order chi connectivity index (χ0) is 12.5. The molecular weight excluding hydrogens is 226 g/mol. The van der Waals surface area contributed by atoms with E-state index in [9.17, 15) is 5.11 Å². The number of hydrogen-bond acceptors (Lipinski definition) is 3. The molecule has 1 saturated heterocycles. The highest BCUT2D eigenvalue weighted by molar-refractivity contribution is 5.57. The Kier molecular flexibility index (Phi) is 3.27. The number of nitrogens with zero attached hydrogens (tertiary/aromatic N) is 1. The summed E-state index contributed by atoms with van der Waals surface area (Å²) >= 11 is 0. The fraction of sp³-hybridized carbons (Fsp3) is 0.600. The van der Waals surface area contributed by atoms with Gasteiger partial charge in [0.2, 0.25) is 0 Å². The maximum Gasteiger partial charge on any atom is 0.0787 e. The Morgan fingerprint density at radius 2 is 2.28 bits per heavy atom. The molecule has 0 amide bonds. The van der Waals surface area contributed by atoms with Crippen LogP contribution in [0.4, 0.5) is 5.69 Å². The Hall–Kier alpha value is -1.06. The molecule has 1 fully saturated rings. The molecule has 2 unspecified atom stereocenters. The molecule has 3 nitrogen and oxygen atoms in total. The van der Waals surface area contributed by atoms with E-state index in [1.165, 1.54) is 23.2 Å². The van der Waals surface area contributed by atoms with E-state index in [1.54, 1.807) is 0 Å². The van der Waals surface area contributed by atoms with Gasteiger partial charge < -0.3 is 14.7 Å². The number of aliphatic hydroxyl groups is 1. The average molecular weight is 247 g/mol. The summed E-state index contributed by atoms with van der Waals surface area (Å²) in [5, 5.41) is 10.2. The van der Waals surface area contributed by atoms with E-state index in [1.807, 2.05) is 0 Å². The van der Waals surface area contributed by atoms with Gasteiger partial charge in [-0.3, -0.25) is 0 Å². The number of hydrogen-bond donors (Lipinski definition) is 1. The van der Waals surface area contributed by atoms with Crippen LogP contribution >= 0.6 is 0 Å². The molecule has 2 aliphatic heterocycles. The van der Waals surface area contributed by atoms with Gasteiger partial charge >= 0.3 is 0 Å². The van der Waals surface area contributed by atoms with Crippen LogP contribution in [0.25, 0.3) is 0 Å². The summed E-state index contributed by atoms with van der Waals surface area (Å²) in [6.07, 6.45) is 2.81. The van der Waals surface area contributed by atoms with Crippen LogP contribution in [0.3, 0.4) is 0 Å². The molecule has 0 aliphatic carbocycles. The maximum atomic E-state index is 10.2. The topological polar surface area (TPSA) is 32.7 Å². The first kappa shape index (κ1) is 12.0. The van der Waals surface area contributed by atoms with E-state index in [-0.39, 0.29) is 12.1 Å². The molecule has 1 aromatic rings. The van der Waals surface area contributed by atoms with E-state index in [0.29, 0.717) is 13.2 Å². The van der Waals surface area contributed by atoms with Crippen molar-refractivity contribution in [2.24, 2.45) is 0 Å². The summed E-state index contributed by atoms with van der Waals surface area (Å²) in [7, 11) is 0. The first-order valence-electron chi connectivity index (χ1n) is 6.87. The molecule has 2 heterocycles. The van der Waals surface area contributed by atoms with Gasteiger partial charge in [0.1, 0.15) is 0 Å². The highest BCUT2D eigenvalue weighted by Gasteiger charge is 2.31. The van der Waals surface area contributed by atoms with Gasteiger partial charge in [0.15, 0.2) is 0 Å². The highest BCUT2D eigenvalue weighted by Crippen LogP contribution is 2.31.